The number of benzene rings is 1. The monoisotopic (exact) mass is 432 g/mol. The lowest BCUT2D eigenvalue weighted by Gasteiger charge is -2.07. The summed E-state index contributed by atoms with van der Waals surface area (Å²) < 4.78 is 38.5. The average Bonchev–Trinajstić information content (AvgIpc) is 3.23. The standard InChI is InChI=1S/C19H21FN6O3S/c1-3-30(28,29)26-12-16(11-24-26)25-19-22-9-13(10-23-19)4-5-14-8-15(18(27)21-2)6-7-17(14)20/h6-12H,3-5H2,1-2H3,(H,21,27)(H,22,23,25). The molecule has 0 atom stereocenters. The number of anilines is 2. The lowest BCUT2D eigenvalue weighted by atomic mass is 10.0. The van der Waals surface area contributed by atoms with E-state index in [1.807, 2.05) is 0 Å². The first kappa shape index (κ1) is 21.4. The van der Waals surface area contributed by atoms with Crippen LogP contribution in [0.25, 0.3) is 0 Å². The van der Waals surface area contributed by atoms with Crippen LogP contribution in [0.15, 0.2) is 43.0 Å². The lowest BCUT2D eigenvalue weighted by Crippen LogP contribution is -2.18. The number of rotatable bonds is 8. The molecule has 0 saturated carbocycles. The van der Waals surface area contributed by atoms with Gasteiger partial charge in [-0.3, -0.25) is 4.79 Å². The molecular formula is C19H21FN6O3S. The third-order valence-electron chi connectivity index (χ3n) is 4.39. The van der Waals surface area contributed by atoms with Gasteiger partial charge in [0.05, 0.1) is 23.8 Å². The molecule has 0 spiro atoms. The van der Waals surface area contributed by atoms with Gasteiger partial charge in [-0.25, -0.2) is 22.8 Å². The third kappa shape index (κ3) is 4.98. The van der Waals surface area contributed by atoms with Crippen LogP contribution in [0.3, 0.4) is 0 Å². The van der Waals surface area contributed by atoms with Crippen LogP contribution in [-0.4, -0.2) is 46.3 Å². The quantitative estimate of drug-likeness (QED) is 0.558. The molecule has 2 heterocycles. The highest BCUT2D eigenvalue weighted by Gasteiger charge is 2.12. The summed E-state index contributed by atoms with van der Waals surface area (Å²) in [7, 11) is -1.93. The molecule has 1 aromatic carbocycles. The van der Waals surface area contributed by atoms with Crippen molar-refractivity contribution in [3.63, 3.8) is 0 Å². The molecule has 0 fully saturated rings. The zero-order valence-electron chi connectivity index (χ0n) is 16.5. The largest absolute Gasteiger partial charge is 0.355 e. The van der Waals surface area contributed by atoms with E-state index in [9.17, 15) is 17.6 Å². The van der Waals surface area contributed by atoms with Gasteiger partial charge in [0, 0.05) is 25.0 Å². The van der Waals surface area contributed by atoms with E-state index in [2.05, 4.69) is 25.7 Å². The lowest BCUT2D eigenvalue weighted by molar-refractivity contribution is 0.0963. The van der Waals surface area contributed by atoms with E-state index in [0.29, 0.717) is 29.7 Å². The Balaban J connectivity index is 1.64. The normalized spacial score (nSPS) is 11.3. The number of carbonyl (C=O) groups excluding carboxylic acids is 1. The van der Waals surface area contributed by atoms with Crippen molar-refractivity contribution < 1.29 is 17.6 Å². The number of carbonyl (C=O) groups is 1. The highest BCUT2D eigenvalue weighted by atomic mass is 32.2. The van der Waals surface area contributed by atoms with Gasteiger partial charge in [0.15, 0.2) is 0 Å². The SMILES string of the molecule is CCS(=O)(=O)n1cc(Nc2ncc(CCc3cc(C(=O)NC)ccc3F)cn2)cn1. The summed E-state index contributed by atoms with van der Waals surface area (Å²) in [5.41, 5.74) is 2.06. The van der Waals surface area contributed by atoms with Gasteiger partial charge in [0.2, 0.25) is 5.95 Å². The molecule has 11 heteroatoms. The number of halogens is 1. The Morgan fingerprint density at radius 3 is 2.57 bits per heavy atom. The van der Waals surface area contributed by atoms with Crippen LogP contribution >= 0.6 is 0 Å². The van der Waals surface area contributed by atoms with Crippen LogP contribution in [0.1, 0.15) is 28.4 Å². The van der Waals surface area contributed by atoms with E-state index >= 15 is 0 Å². The van der Waals surface area contributed by atoms with Gasteiger partial charge in [-0.1, -0.05) is 0 Å². The number of amides is 1. The van der Waals surface area contributed by atoms with Crippen molar-refractivity contribution in [1.29, 1.82) is 0 Å². The molecule has 3 aromatic rings. The second-order valence-corrected chi connectivity index (χ2v) is 8.54. The van der Waals surface area contributed by atoms with Gasteiger partial charge in [0.25, 0.3) is 15.9 Å². The fraction of sp³-hybridized carbons (Fsp3) is 0.263. The second kappa shape index (κ2) is 8.99. The summed E-state index contributed by atoms with van der Waals surface area (Å²) in [6.45, 7) is 1.53. The summed E-state index contributed by atoms with van der Waals surface area (Å²) in [5, 5.41) is 9.21. The van der Waals surface area contributed by atoms with Gasteiger partial charge in [-0.15, -0.1) is 0 Å². The number of nitrogens with one attached hydrogen (secondary N) is 2. The van der Waals surface area contributed by atoms with E-state index in [4.69, 9.17) is 0 Å². The Kier molecular flexibility index (Phi) is 6.40. The van der Waals surface area contributed by atoms with Gasteiger partial charge in [-0.05, 0) is 49.1 Å². The minimum Gasteiger partial charge on any atom is -0.355 e. The van der Waals surface area contributed by atoms with Crippen LogP contribution in [-0.2, 0) is 22.9 Å². The average molecular weight is 432 g/mol. The van der Waals surface area contributed by atoms with E-state index < -0.39 is 10.0 Å². The van der Waals surface area contributed by atoms with E-state index in [-0.39, 0.29) is 23.4 Å². The Bertz CT molecular complexity index is 1150. The molecule has 2 aromatic heterocycles. The number of aromatic nitrogens is 4. The van der Waals surface area contributed by atoms with E-state index in [0.717, 1.165) is 9.65 Å². The zero-order valence-corrected chi connectivity index (χ0v) is 17.3. The number of hydrogen-bond acceptors (Lipinski definition) is 7. The Labute approximate surface area is 173 Å². The molecule has 2 N–H and O–H groups in total. The van der Waals surface area contributed by atoms with Crippen molar-refractivity contribution in [2.45, 2.75) is 19.8 Å². The molecule has 1 amide bonds. The molecule has 0 bridgehead atoms. The van der Waals surface area contributed by atoms with Crippen LogP contribution < -0.4 is 10.6 Å². The van der Waals surface area contributed by atoms with Crippen molar-refractivity contribution in [3.8, 4) is 0 Å². The van der Waals surface area contributed by atoms with Crippen LogP contribution in [0, 0.1) is 5.82 Å². The van der Waals surface area contributed by atoms with Gasteiger partial charge >= 0.3 is 0 Å². The van der Waals surface area contributed by atoms with Crippen molar-refractivity contribution in [2.24, 2.45) is 0 Å². The summed E-state index contributed by atoms with van der Waals surface area (Å²) >= 11 is 0. The molecule has 0 unspecified atom stereocenters. The molecule has 158 valence electrons. The topological polar surface area (TPSA) is 119 Å². The molecule has 0 saturated heterocycles. The molecule has 30 heavy (non-hydrogen) atoms. The highest BCUT2D eigenvalue weighted by Crippen LogP contribution is 2.16. The van der Waals surface area contributed by atoms with Gasteiger partial charge in [0.1, 0.15) is 5.82 Å². The van der Waals surface area contributed by atoms with Crippen molar-refractivity contribution >= 4 is 27.6 Å². The zero-order chi connectivity index (χ0) is 21.7. The smallest absolute Gasteiger partial charge is 0.253 e. The molecule has 3 rings (SSSR count). The van der Waals surface area contributed by atoms with Crippen molar-refractivity contribution in [2.75, 3.05) is 18.1 Å². The van der Waals surface area contributed by atoms with Crippen LogP contribution in [0.2, 0.25) is 0 Å². The molecule has 9 nitrogen and oxygen atoms in total. The Morgan fingerprint density at radius 1 is 1.17 bits per heavy atom. The fourth-order valence-electron chi connectivity index (χ4n) is 2.66. The van der Waals surface area contributed by atoms with E-state index in [1.165, 1.54) is 44.6 Å². The Morgan fingerprint density at radius 2 is 1.90 bits per heavy atom. The maximum atomic E-state index is 14.0. The summed E-state index contributed by atoms with van der Waals surface area (Å²) in [5.74, 6) is -0.433. The first-order valence-electron chi connectivity index (χ1n) is 9.18. The fourth-order valence-corrected chi connectivity index (χ4v) is 3.39. The molecule has 0 radical (unpaired) electrons. The third-order valence-corrected chi connectivity index (χ3v) is 5.89. The number of aryl methyl sites for hydroxylation is 2. The molecule has 0 aliphatic heterocycles. The maximum Gasteiger partial charge on any atom is 0.253 e. The molecular weight excluding hydrogens is 411 g/mol. The maximum absolute atomic E-state index is 14.0. The van der Waals surface area contributed by atoms with Gasteiger partial charge < -0.3 is 10.6 Å². The summed E-state index contributed by atoms with van der Waals surface area (Å²) in [4.78, 5) is 20.1. The predicted octanol–water partition coefficient (Wildman–Crippen LogP) is 1.90. The minimum atomic E-state index is -3.45. The highest BCUT2D eigenvalue weighted by molar-refractivity contribution is 7.89. The van der Waals surface area contributed by atoms with Crippen LogP contribution in [0.4, 0.5) is 16.0 Å². The van der Waals surface area contributed by atoms with Crippen molar-refractivity contribution in [3.05, 3.63) is 65.5 Å². The summed E-state index contributed by atoms with van der Waals surface area (Å²) in [6.07, 6.45) is 6.78. The Hall–Kier alpha value is -3.34. The number of hydrogen-bond donors (Lipinski definition) is 2. The minimum absolute atomic E-state index is 0.0636. The summed E-state index contributed by atoms with van der Waals surface area (Å²) in [6, 6.07) is 4.25. The van der Waals surface area contributed by atoms with E-state index in [1.54, 1.807) is 12.4 Å². The first-order valence-corrected chi connectivity index (χ1v) is 10.8. The molecule has 0 aliphatic carbocycles. The molecule has 0 aliphatic rings. The van der Waals surface area contributed by atoms with Crippen molar-refractivity contribution in [1.82, 2.24) is 24.5 Å². The van der Waals surface area contributed by atoms with Crippen LogP contribution in [0.5, 0.6) is 0 Å². The number of nitrogens with zero attached hydrogens (tertiary/aromatic N) is 4. The van der Waals surface area contributed by atoms with Gasteiger partial charge in [-0.2, -0.15) is 9.19 Å². The second-order valence-electron chi connectivity index (χ2n) is 6.43. The first-order chi connectivity index (χ1) is 14.3. The predicted molar refractivity (Wildman–Crippen MR) is 110 cm³/mol.